The Morgan fingerprint density at radius 1 is 1.53 bits per heavy atom. The second-order valence-electron chi connectivity index (χ2n) is 3.67. The number of hydrogen-bond donors (Lipinski definition) is 4. The van der Waals surface area contributed by atoms with Gasteiger partial charge in [-0.15, -0.1) is 0 Å². The van der Waals surface area contributed by atoms with E-state index in [-0.39, 0.29) is 6.03 Å². The van der Waals surface area contributed by atoms with Crippen LogP contribution in [0.5, 0.6) is 0 Å². The van der Waals surface area contributed by atoms with Crippen molar-refractivity contribution in [2.45, 2.75) is 19.9 Å². The second kappa shape index (κ2) is 6.51. The number of urea groups is 1. The SMILES string of the molecule is CC(CCNC(=O)NCc1ncc[nH]1)C(=O)O. The molecule has 0 bridgehead atoms. The molecule has 0 aromatic carbocycles. The molecule has 0 aliphatic rings. The predicted molar refractivity (Wildman–Crippen MR) is 60.2 cm³/mol. The van der Waals surface area contributed by atoms with Crippen LogP contribution in [-0.4, -0.2) is 33.6 Å². The van der Waals surface area contributed by atoms with Crippen molar-refractivity contribution in [1.82, 2.24) is 20.6 Å². The molecule has 0 saturated carbocycles. The number of carboxylic acid groups (broad SMARTS) is 1. The zero-order valence-corrected chi connectivity index (χ0v) is 9.56. The summed E-state index contributed by atoms with van der Waals surface area (Å²) in [6, 6.07) is -0.334. The molecule has 17 heavy (non-hydrogen) atoms. The van der Waals surface area contributed by atoms with Crippen LogP contribution in [0.4, 0.5) is 4.79 Å². The standard InChI is InChI=1S/C10H16N4O3/c1-7(9(15)16)2-3-13-10(17)14-6-8-11-4-5-12-8/h4-5,7H,2-3,6H2,1H3,(H,11,12)(H,15,16)(H2,13,14,17). The highest BCUT2D eigenvalue weighted by molar-refractivity contribution is 5.74. The fraction of sp³-hybridized carbons (Fsp3) is 0.500. The van der Waals surface area contributed by atoms with Crippen molar-refractivity contribution in [2.75, 3.05) is 6.54 Å². The topological polar surface area (TPSA) is 107 Å². The van der Waals surface area contributed by atoms with Gasteiger partial charge in [-0.3, -0.25) is 4.79 Å². The molecule has 0 saturated heterocycles. The summed E-state index contributed by atoms with van der Waals surface area (Å²) in [5.41, 5.74) is 0. The first-order valence-electron chi connectivity index (χ1n) is 5.32. The van der Waals surface area contributed by atoms with E-state index in [0.717, 1.165) is 0 Å². The Labute approximate surface area is 98.6 Å². The number of carbonyl (C=O) groups excluding carboxylic acids is 1. The van der Waals surface area contributed by atoms with Gasteiger partial charge in [0.1, 0.15) is 5.82 Å². The lowest BCUT2D eigenvalue weighted by Gasteiger charge is -2.08. The highest BCUT2D eigenvalue weighted by Gasteiger charge is 2.10. The monoisotopic (exact) mass is 240 g/mol. The van der Waals surface area contributed by atoms with E-state index in [0.29, 0.717) is 25.3 Å². The van der Waals surface area contributed by atoms with Gasteiger partial charge in [0.25, 0.3) is 0 Å². The summed E-state index contributed by atoms with van der Waals surface area (Å²) in [7, 11) is 0. The molecule has 2 amide bonds. The molecular weight excluding hydrogens is 224 g/mol. The molecule has 1 atom stereocenters. The van der Waals surface area contributed by atoms with Crippen molar-refractivity contribution in [3.05, 3.63) is 18.2 Å². The van der Waals surface area contributed by atoms with Crippen LogP contribution in [-0.2, 0) is 11.3 Å². The Morgan fingerprint density at radius 2 is 2.29 bits per heavy atom. The lowest BCUT2D eigenvalue weighted by atomic mass is 10.1. The lowest BCUT2D eigenvalue weighted by Crippen LogP contribution is -2.36. The number of carbonyl (C=O) groups is 2. The van der Waals surface area contributed by atoms with Crippen LogP contribution >= 0.6 is 0 Å². The van der Waals surface area contributed by atoms with Crippen LogP contribution < -0.4 is 10.6 Å². The molecule has 0 aliphatic carbocycles. The van der Waals surface area contributed by atoms with Gasteiger partial charge in [-0.05, 0) is 6.42 Å². The van der Waals surface area contributed by atoms with Gasteiger partial charge in [0, 0.05) is 18.9 Å². The summed E-state index contributed by atoms with van der Waals surface area (Å²) in [5, 5.41) is 13.8. The van der Waals surface area contributed by atoms with Gasteiger partial charge >= 0.3 is 12.0 Å². The summed E-state index contributed by atoms with van der Waals surface area (Å²) < 4.78 is 0. The number of aromatic nitrogens is 2. The van der Waals surface area contributed by atoms with E-state index >= 15 is 0 Å². The van der Waals surface area contributed by atoms with E-state index < -0.39 is 11.9 Å². The van der Waals surface area contributed by atoms with Crippen LogP contribution in [0.15, 0.2) is 12.4 Å². The fourth-order valence-corrected chi connectivity index (χ4v) is 1.15. The summed E-state index contributed by atoms with van der Waals surface area (Å²) in [4.78, 5) is 28.6. The molecule has 0 spiro atoms. The molecule has 1 heterocycles. The van der Waals surface area contributed by atoms with Gasteiger partial charge in [0.05, 0.1) is 12.5 Å². The molecule has 0 radical (unpaired) electrons. The van der Waals surface area contributed by atoms with Gasteiger partial charge in [-0.25, -0.2) is 9.78 Å². The molecule has 1 aromatic heterocycles. The maximum Gasteiger partial charge on any atom is 0.315 e. The minimum atomic E-state index is -0.859. The van der Waals surface area contributed by atoms with Crippen molar-refractivity contribution in [1.29, 1.82) is 0 Å². The molecule has 1 rings (SSSR count). The normalized spacial score (nSPS) is 11.8. The quantitative estimate of drug-likeness (QED) is 0.574. The lowest BCUT2D eigenvalue weighted by molar-refractivity contribution is -0.141. The summed E-state index contributed by atoms with van der Waals surface area (Å²) >= 11 is 0. The molecule has 4 N–H and O–H groups in total. The average Bonchev–Trinajstić information content (AvgIpc) is 2.78. The Kier molecular flexibility index (Phi) is 4.99. The summed E-state index contributed by atoms with van der Waals surface area (Å²) in [6.07, 6.45) is 3.68. The van der Waals surface area contributed by atoms with Crippen LogP contribution in [0.2, 0.25) is 0 Å². The Balaban J connectivity index is 2.11. The Hall–Kier alpha value is -2.05. The highest BCUT2D eigenvalue weighted by atomic mass is 16.4. The molecular formula is C10H16N4O3. The van der Waals surface area contributed by atoms with Crippen LogP contribution in [0, 0.1) is 5.92 Å². The molecule has 7 nitrogen and oxygen atoms in total. The summed E-state index contributed by atoms with van der Waals surface area (Å²) in [5.74, 6) is -0.651. The van der Waals surface area contributed by atoms with Crippen molar-refractivity contribution >= 4 is 12.0 Å². The zero-order valence-electron chi connectivity index (χ0n) is 9.56. The minimum Gasteiger partial charge on any atom is -0.481 e. The number of aliphatic carboxylic acids is 1. The first-order chi connectivity index (χ1) is 8.09. The molecule has 1 aromatic rings. The van der Waals surface area contributed by atoms with Crippen molar-refractivity contribution < 1.29 is 14.7 Å². The third kappa shape index (κ3) is 5.01. The first kappa shape index (κ1) is 13.0. The Morgan fingerprint density at radius 3 is 2.88 bits per heavy atom. The van der Waals surface area contributed by atoms with E-state index in [9.17, 15) is 9.59 Å². The van der Waals surface area contributed by atoms with E-state index in [1.807, 2.05) is 0 Å². The van der Waals surface area contributed by atoms with E-state index in [1.165, 1.54) is 0 Å². The van der Waals surface area contributed by atoms with Crippen molar-refractivity contribution in [3.8, 4) is 0 Å². The number of aromatic amines is 1. The van der Waals surface area contributed by atoms with Gasteiger partial charge in [-0.1, -0.05) is 6.92 Å². The highest BCUT2D eigenvalue weighted by Crippen LogP contribution is 1.99. The fourth-order valence-electron chi connectivity index (χ4n) is 1.15. The van der Waals surface area contributed by atoms with Crippen LogP contribution in [0.3, 0.4) is 0 Å². The smallest absolute Gasteiger partial charge is 0.315 e. The van der Waals surface area contributed by atoms with Gasteiger partial charge in [0.2, 0.25) is 0 Å². The number of amides is 2. The first-order valence-corrected chi connectivity index (χ1v) is 5.32. The van der Waals surface area contributed by atoms with Crippen LogP contribution in [0.25, 0.3) is 0 Å². The third-order valence-corrected chi connectivity index (χ3v) is 2.26. The number of imidazole rings is 1. The Bertz CT molecular complexity index is 364. The number of nitrogens with one attached hydrogen (secondary N) is 3. The maximum absolute atomic E-state index is 11.3. The molecule has 94 valence electrons. The van der Waals surface area contributed by atoms with Crippen molar-refractivity contribution in [3.63, 3.8) is 0 Å². The van der Waals surface area contributed by atoms with Gasteiger partial charge in [0.15, 0.2) is 0 Å². The van der Waals surface area contributed by atoms with Gasteiger partial charge < -0.3 is 20.7 Å². The molecule has 0 aliphatic heterocycles. The van der Waals surface area contributed by atoms with E-state index in [2.05, 4.69) is 20.6 Å². The van der Waals surface area contributed by atoms with Crippen molar-refractivity contribution in [2.24, 2.45) is 5.92 Å². The number of rotatable bonds is 6. The predicted octanol–water partition coefficient (Wildman–Crippen LogP) is 0.320. The van der Waals surface area contributed by atoms with Gasteiger partial charge in [-0.2, -0.15) is 0 Å². The number of H-pyrrole nitrogens is 1. The minimum absolute atomic E-state index is 0.313. The molecule has 7 heteroatoms. The summed E-state index contributed by atoms with van der Waals surface area (Å²) in [6.45, 7) is 2.25. The molecule has 0 fully saturated rings. The zero-order chi connectivity index (χ0) is 12.7. The van der Waals surface area contributed by atoms with E-state index in [4.69, 9.17) is 5.11 Å². The maximum atomic E-state index is 11.3. The average molecular weight is 240 g/mol. The number of carboxylic acids is 1. The second-order valence-corrected chi connectivity index (χ2v) is 3.67. The largest absolute Gasteiger partial charge is 0.481 e. The third-order valence-electron chi connectivity index (χ3n) is 2.26. The van der Waals surface area contributed by atoms with E-state index in [1.54, 1.807) is 19.3 Å². The molecule has 1 unspecified atom stereocenters. The van der Waals surface area contributed by atoms with Crippen LogP contribution in [0.1, 0.15) is 19.2 Å². The number of nitrogens with zero attached hydrogens (tertiary/aromatic N) is 1. The number of hydrogen-bond acceptors (Lipinski definition) is 3.